The molecular weight excluding hydrogens is 412 g/mol. The molecule has 6 nitrogen and oxygen atoms in total. The summed E-state index contributed by atoms with van der Waals surface area (Å²) in [5.41, 5.74) is 6.49. The van der Waals surface area contributed by atoms with Gasteiger partial charge in [0.2, 0.25) is 5.91 Å². The number of carbonyl (C=O) groups excluding carboxylic acids is 2. The summed E-state index contributed by atoms with van der Waals surface area (Å²) >= 11 is 0. The molecule has 2 N–H and O–H groups in total. The Balaban J connectivity index is 1.15. The molecule has 2 aromatic heterocycles. The van der Waals surface area contributed by atoms with Crippen LogP contribution in [0.25, 0.3) is 21.8 Å². The van der Waals surface area contributed by atoms with Gasteiger partial charge >= 0.3 is 0 Å². The van der Waals surface area contributed by atoms with E-state index >= 15 is 0 Å². The third kappa shape index (κ3) is 3.50. The maximum absolute atomic E-state index is 13.4. The lowest BCUT2D eigenvalue weighted by atomic mass is 9.95. The summed E-state index contributed by atoms with van der Waals surface area (Å²) in [6, 6.07) is 14.1. The van der Waals surface area contributed by atoms with Crippen LogP contribution in [0.15, 0.2) is 48.7 Å². The lowest BCUT2D eigenvalue weighted by Crippen LogP contribution is -2.51. The normalized spacial score (nSPS) is 16.4. The molecule has 6 rings (SSSR count). The fourth-order valence-corrected chi connectivity index (χ4v) is 5.49. The van der Waals surface area contributed by atoms with Gasteiger partial charge < -0.3 is 19.8 Å². The lowest BCUT2D eigenvalue weighted by molar-refractivity contribution is -0.131. The Morgan fingerprint density at radius 3 is 2.48 bits per heavy atom. The number of amides is 2. The molecule has 3 heterocycles. The van der Waals surface area contributed by atoms with Crippen molar-refractivity contribution in [2.45, 2.75) is 32.1 Å². The van der Waals surface area contributed by atoms with Gasteiger partial charge in [-0.15, -0.1) is 0 Å². The monoisotopic (exact) mass is 440 g/mol. The van der Waals surface area contributed by atoms with Crippen LogP contribution in [0.1, 0.15) is 40.0 Å². The third-order valence-corrected chi connectivity index (χ3v) is 7.30. The second kappa shape index (κ2) is 8.10. The van der Waals surface area contributed by atoms with Gasteiger partial charge in [0.25, 0.3) is 5.91 Å². The minimum atomic E-state index is 0.0583. The average Bonchev–Trinajstić information content (AvgIpc) is 3.45. The zero-order valence-electron chi connectivity index (χ0n) is 18.7. The molecule has 6 heteroatoms. The van der Waals surface area contributed by atoms with Crippen molar-refractivity contribution in [2.75, 3.05) is 26.2 Å². The molecule has 0 unspecified atom stereocenters. The molecule has 1 saturated heterocycles. The molecule has 1 aliphatic heterocycles. The summed E-state index contributed by atoms with van der Waals surface area (Å²) in [7, 11) is 0. The standard InChI is InChI=1S/C27H28N4O2/c32-25(16-18-17-28-23-10-3-1-6-19(18)23)30-12-14-31(15-13-30)27(33)22-9-5-8-21-20-7-2-4-11-24(20)29-26(21)22/h1,3,5-6,8-10,17,28-29H,2,4,7,11-16H2. The van der Waals surface area contributed by atoms with E-state index in [1.807, 2.05) is 52.4 Å². The number of carbonyl (C=O) groups is 2. The Morgan fingerprint density at radius 2 is 1.61 bits per heavy atom. The second-order valence-corrected chi connectivity index (χ2v) is 9.23. The van der Waals surface area contributed by atoms with E-state index in [-0.39, 0.29) is 11.8 Å². The van der Waals surface area contributed by atoms with Crippen molar-refractivity contribution in [1.29, 1.82) is 0 Å². The molecule has 4 aromatic rings. The van der Waals surface area contributed by atoms with Gasteiger partial charge in [-0.2, -0.15) is 0 Å². The van der Waals surface area contributed by atoms with E-state index in [9.17, 15) is 9.59 Å². The molecule has 1 aliphatic carbocycles. The summed E-state index contributed by atoms with van der Waals surface area (Å²) in [5.74, 6) is 0.175. The molecule has 2 aliphatic rings. The summed E-state index contributed by atoms with van der Waals surface area (Å²) in [6.07, 6.45) is 6.88. The van der Waals surface area contributed by atoms with Crippen LogP contribution in [0, 0.1) is 0 Å². The summed E-state index contributed by atoms with van der Waals surface area (Å²) < 4.78 is 0. The predicted molar refractivity (Wildman–Crippen MR) is 129 cm³/mol. The molecule has 2 amide bonds. The first-order valence-electron chi connectivity index (χ1n) is 11.9. The van der Waals surface area contributed by atoms with Crippen LogP contribution in [0.4, 0.5) is 0 Å². The van der Waals surface area contributed by atoms with Crippen molar-refractivity contribution in [1.82, 2.24) is 19.8 Å². The van der Waals surface area contributed by atoms with Gasteiger partial charge in [-0.25, -0.2) is 0 Å². The molecule has 0 spiro atoms. The van der Waals surface area contributed by atoms with Crippen molar-refractivity contribution < 1.29 is 9.59 Å². The van der Waals surface area contributed by atoms with Crippen LogP contribution in [-0.4, -0.2) is 57.8 Å². The SMILES string of the molecule is O=C(Cc1c[nH]c2ccccc12)N1CCN(C(=O)c2cccc3c4c([nH]c23)CCCC4)CC1. The van der Waals surface area contributed by atoms with Gasteiger partial charge in [0.05, 0.1) is 17.5 Å². The average molecular weight is 441 g/mol. The van der Waals surface area contributed by atoms with Crippen LogP contribution in [0.5, 0.6) is 0 Å². The number of fused-ring (bicyclic) bond motifs is 4. The maximum atomic E-state index is 13.4. The Labute approximate surface area is 192 Å². The summed E-state index contributed by atoms with van der Waals surface area (Å²) in [6.45, 7) is 2.28. The highest BCUT2D eigenvalue weighted by Crippen LogP contribution is 2.31. The van der Waals surface area contributed by atoms with Crippen LogP contribution < -0.4 is 0 Å². The molecule has 33 heavy (non-hydrogen) atoms. The van der Waals surface area contributed by atoms with E-state index in [0.717, 1.165) is 40.4 Å². The number of H-pyrrole nitrogens is 2. The lowest BCUT2D eigenvalue weighted by Gasteiger charge is -2.35. The number of aromatic amines is 2. The summed E-state index contributed by atoms with van der Waals surface area (Å²) in [5, 5.41) is 2.30. The number of nitrogens with zero attached hydrogens (tertiary/aromatic N) is 2. The first-order chi connectivity index (χ1) is 16.2. The van der Waals surface area contributed by atoms with Crippen LogP contribution >= 0.6 is 0 Å². The Hall–Kier alpha value is -3.54. The highest BCUT2D eigenvalue weighted by molar-refractivity contribution is 6.07. The van der Waals surface area contributed by atoms with E-state index in [2.05, 4.69) is 16.0 Å². The molecule has 168 valence electrons. The minimum absolute atomic E-state index is 0.0583. The van der Waals surface area contributed by atoms with Crippen LogP contribution in [0.3, 0.4) is 0 Å². The van der Waals surface area contributed by atoms with E-state index in [1.54, 1.807) is 0 Å². The highest BCUT2D eigenvalue weighted by Gasteiger charge is 2.27. The number of nitrogens with one attached hydrogen (secondary N) is 2. The van der Waals surface area contributed by atoms with E-state index in [0.29, 0.717) is 32.6 Å². The number of rotatable bonds is 3. The minimum Gasteiger partial charge on any atom is -0.361 e. The van der Waals surface area contributed by atoms with Gasteiger partial charge in [0.15, 0.2) is 0 Å². The molecule has 1 fully saturated rings. The van der Waals surface area contributed by atoms with E-state index in [1.165, 1.54) is 29.5 Å². The number of aryl methyl sites for hydroxylation is 2. The van der Waals surface area contributed by atoms with Crippen molar-refractivity contribution in [3.8, 4) is 0 Å². The van der Waals surface area contributed by atoms with Gasteiger partial charge in [0, 0.05) is 54.4 Å². The Morgan fingerprint density at radius 1 is 0.848 bits per heavy atom. The van der Waals surface area contributed by atoms with Gasteiger partial charge in [-0.3, -0.25) is 9.59 Å². The highest BCUT2D eigenvalue weighted by atomic mass is 16.2. The number of para-hydroxylation sites is 2. The summed E-state index contributed by atoms with van der Waals surface area (Å²) in [4.78, 5) is 36.9. The van der Waals surface area contributed by atoms with E-state index < -0.39 is 0 Å². The molecule has 0 radical (unpaired) electrons. The van der Waals surface area contributed by atoms with Crippen LogP contribution in [-0.2, 0) is 24.1 Å². The molecule has 0 saturated carbocycles. The fourth-order valence-electron chi connectivity index (χ4n) is 5.49. The first kappa shape index (κ1) is 20.1. The smallest absolute Gasteiger partial charge is 0.256 e. The zero-order valence-corrected chi connectivity index (χ0v) is 18.7. The van der Waals surface area contributed by atoms with Crippen LogP contribution in [0.2, 0.25) is 0 Å². The topological polar surface area (TPSA) is 72.2 Å². The van der Waals surface area contributed by atoms with Gasteiger partial charge in [-0.05, 0) is 48.9 Å². The molecule has 0 atom stereocenters. The third-order valence-electron chi connectivity index (χ3n) is 7.30. The quantitative estimate of drug-likeness (QED) is 0.504. The predicted octanol–water partition coefficient (Wildman–Crippen LogP) is 4.06. The number of piperazine rings is 1. The molecular formula is C27H28N4O2. The molecule has 0 bridgehead atoms. The fraction of sp³-hybridized carbons (Fsp3) is 0.333. The van der Waals surface area contributed by atoms with Gasteiger partial charge in [0.1, 0.15) is 0 Å². The number of benzene rings is 2. The van der Waals surface area contributed by atoms with Crippen molar-refractivity contribution in [3.63, 3.8) is 0 Å². The molecule has 2 aromatic carbocycles. The Bertz CT molecular complexity index is 1360. The number of aromatic nitrogens is 2. The van der Waals surface area contributed by atoms with E-state index in [4.69, 9.17) is 0 Å². The largest absolute Gasteiger partial charge is 0.361 e. The van der Waals surface area contributed by atoms with Crippen molar-refractivity contribution in [2.24, 2.45) is 0 Å². The van der Waals surface area contributed by atoms with Crippen molar-refractivity contribution >= 4 is 33.6 Å². The van der Waals surface area contributed by atoms with Crippen molar-refractivity contribution in [3.05, 3.63) is 71.0 Å². The number of hydrogen-bond acceptors (Lipinski definition) is 2. The maximum Gasteiger partial charge on any atom is 0.256 e. The second-order valence-electron chi connectivity index (χ2n) is 9.23. The zero-order chi connectivity index (χ0) is 22.4. The first-order valence-corrected chi connectivity index (χ1v) is 11.9. The Kier molecular flexibility index (Phi) is 4.93. The number of hydrogen-bond donors (Lipinski definition) is 2. The van der Waals surface area contributed by atoms with Gasteiger partial charge in [-0.1, -0.05) is 30.3 Å².